The maximum absolute atomic E-state index is 9.99. The summed E-state index contributed by atoms with van der Waals surface area (Å²) < 4.78 is 5.65. The fourth-order valence-corrected chi connectivity index (χ4v) is 2.85. The largest absolute Gasteiger partial charge is 0.504 e. The molecular formula is C11H15BrO3. The quantitative estimate of drug-likeness (QED) is 0.872. The van der Waals surface area contributed by atoms with Crippen molar-refractivity contribution in [1.29, 1.82) is 0 Å². The summed E-state index contributed by atoms with van der Waals surface area (Å²) in [5.74, 6) is 0.410. The van der Waals surface area contributed by atoms with E-state index in [9.17, 15) is 10.2 Å². The molecule has 3 nitrogen and oxygen atoms in total. The lowest BCUT2D eigenvalue weighted by Gasteiger charge is -2.23. The molecule has 0 unspecified atom stereocenters. The lowest BCUT2D eigenvalue weighted by Crippen LogP contribution is -2.18. The number of benzene rings is 1. The van der Waals surface area contributed by atoms with Crippen LogP contribution in [0.25, 0.3) is 0 Å². The predicted octanol–water partition coefficient (Wildman–Crippen LogP) is 2.70. The molecule has 1 aromatic carbocycles. The molecule has 0 saturated carbocycles. The summed E-state index contributed by atoms with van der Waals surface area (Å²) >= 11 is 3.33. The van der Waals surface area contributed by atoms with Gasteiger partial charge >= 0.3 is 0 Å². The van der Waals surface area contributed by atoms with Crippen LogP contribution in [0.4, 0.5) is 0 Å². The number of phenols is 1. The van der Waals surface area contributed by atoms with Gasteiger partial charge in [-0.05, 0) is 48.3 Å². The summed E-state index contributed by atoms with van der Waals surface area (Å²) in [5, 5.41) is 19.6. The summed E-state index contributed by atoms with van der Waals surface area (Å²) in [6.07, 6.45) is 0. The van der Waals surface area contributed by atoms with Gasteiger partial charge in [-0.25, -0.2) is 0 Å². The molecule has 0 amide bonds. The Morgan fingerprint density at radius 3 is 2.33 bits per heavy atom. The number of rotatable bonds is 2. The molecule has 0 aliphatic rings. The SMILES string of the molecule is COc1c(O)cc(C)c(C(C)(C)O)c1Br. The van der Waals surface area contributed by atoms with Crippen LogP contribution in [0.2, 0.25) is 0 Å². The van der Waals surface area contributed by atoms with Crippen molar-refractivity contribution in [2.24, 2.45) is 0 Å². The molecule has 0 aromatic heterocycles. The van der Waals surface area contributed by atoms with Gasteiger partial charge in [0, 0.05) is 5.56 Å². The van der Waals surface area contributed by atoms with Gasteiger partial charge in [-0.15, -0.1) is 0 Å². The van der Waals surface area contributed by atoms with E-state index < -0.39 is 5.60 Å². The second-order valence-electron chi connectivity index (χ2n) is 3.99. The van der Waals surface area contributed by atoms with Crippen molar-refractivity contribution in [1.82, 2.24) is 0 Å². The molecule has 15 heavy (non-hydrogen) atoms. The van der Waals surface area contributed by atoms with E-state index >= 15 is 0 Å². The second kappa shape index (κ2) is 4.02. The van der Waals surface area contributed by atoms with Crippen LogP contribution in [0, 0.1) is 6.92 Å². The van der Waals surface area contributed by atoms with Gasteiger partial charge in [0.15, 0.2) is 11.5 Å². The van der Waals surface area contributed by atoms with Gasteiger partial charge in [0.2, 0.25) is 0 Å². The van der Waals surface area contributed by atoms with Crippen molar-refractivity contribution in [2.75, 3.05) is 7.11 Å². The van der Waals surface area contributed by atoms with Crippen LogP contribution in [0.15, 0.2) is 10.5 Å². The number of aromatic hydroxyl groups is 1. The van der Waals surface area contributed by atoms with Crippen LogP contribution in [0.5, 0.6) is 11.5 Å². The van der Waals surface area contributed by atoms with Crippen LogP contribution in [-0.4, -0.2) is 17.3 Å². The molecule has 0 aliphatic carbocycles. The highest BCUT2D eigenvalue weighted by Crippen LogP contribution is 2.42. The minimum Gasteiger partial charge on any atom is -0.504 e. The Balaban J connectivity index is 3.53. The van der Waals surface area contributed by atoms with E-state index in [0.29, 0.717) is 10.2 Å². The first-order valence-corrected chi connectivity index (χ1v) is 5.37. The van der Waals surface area contributed by atoms with E-state index in [0.717, 1.165) is 11.1 Å². The number of hydrogen-bond donors (Lipinski definition) is 2. The first-order chi connectivity index (χ1) is 6.79. The van der Waals surface area contributed by atoms with E-state index in [1.165, 1.54) is 7.11 Å². The van der Waals surface area contributed by atoms with Gasteiger partial charge in [0.1, 0.15) is 0 Å². The maximum atomic E-state index is 9.99. The zero-order chi connectivity index (χ0) is 11.8. The first-order valence-electron chi connectivity index (χ1n) is 4.58. The molecule has 0 atom stereocenters. The first kappa shape index (κ1) is 12.3. The van der Waals surface area contributed by atoms with Gasteiger partial charge in [-0.3, -0.25) is 0 Å². The molecule has 4 heteroatoms. The second-order valence-corrected chi connectivity index (χ2v) is 4.79. The van der Waals surface area contributed by atoms with Crippen LogP contribution in [0.1, 0.15) is 25.0 Å². The van der Waals surface area contributed by atoms with Gasteiger partial charge in [0.05, 0.1) is 17.2 Å². The summed E-state index contributed by atoms with van der Waals surface area (Å²) in [5.41, 5.74) is 0.550. The number of aryl methyl sites for hydroxylation is 1. The van der Waals surface area contributed by atoms with Crippen molar-refractivity contribution in [3.05, 3.63) is 21.7 Å². The Morgan fingerprint density at radius 1 is 1.40 bits per heavy atom. The minimum atomic E-state index is -0.982. The highest BCUT2D eigenvalue weighted by Gasteiger charge is 2.25. The van der Waals surface area contributed by atoms with E-state index in [1.807, 2.05) is 6.92 Å². The molecule has 84 valence electrons. The third kappa shape index (κ3) is 2.26. The average molecular weight is 275 g/mol. The zero-order valence-electron chi connectivity index (χ0n) is 9.26. The highest BCUT2D eigenvalue weighted by atomic mass is 79.9. The Morgan fingerprint density at radius 2 is 1.93 bits per heavy atom. The molecule has 0 aliphatic heterocycles. The van der Waals surface area contributed by atoms with Crippen LogP contribution < -0.4 is 4.74 Å². The van der Waals surface area contributed by atoms with Crippen molar-refractivity contribution in [3.8, 4) is 11.5 Å². The molecule has 1 rings (SSSR count). The Bertz CT molecular complexity index is 380. The predicted molar refractivity (Wildman–Crippen MR) is 62.3 cm³/mol. The van der Waals surface area contributed by atoms with Gasteiger partial charge in [0.25, 0.3) is 0 Å². The average Bonchev–Trinajstić information content (AvgIpc) is 2.00. The molecule has 0 radical (unpaired) electrons. The molecule has 0 heterocycles. The van der Waals surface area contributed by atoms with Crippen molar-refractivity contribution in [3.63, 3.8) is 0 Å². The summed E-state index contributed by atoms with van der Waals surface area (Å²) in [6, 6.07) is 1.58. The number of hydrogen-bond acceptors (Lipinski definition) is 3. The van der Waals surface area contributed by atoms with Gasteiger partial charge < -0.3 is 14.9 Å². The third-order valence-electron chi connectivity index (χ3n) is 2.21. The Kier molecular flexibility index (Phi) is 3.31. The number of ether oxygens (including phenoxy) is 1. The number of halogens is 1. The number of phenolic OH excluding ortho intramolecular Hbond substituents is 1. The monoisotopic (exact) mass is 274 g/mol. The smallest absolute Gasteiger partial charge is 0.175 e. The van der Waals surface area contributed by atoms with Crippen molar-refractivity contribution in [2.45, 2.75) is 26.4 Å². The highest BCUT2D eigenvalue weighted by molar-refractivity contribution is 9.10. The van der Waals surface area contributed by atoms with E-state index in [1.54, 1.807) is 19.9 Å². The van der Waals surface area contributed by atoms with Crippen LogP contribution in [0.3, 0.4) is 0 Å². The topological polar surface area (TPSA) is 49.7 Å². The fourth-order valence-electron chi connectivity index (χ4n) is 1.69. The number of methoxy groups -OCH3 is 1. The molecule has 0 spiro atoms. The maximum Gasteiger partial charge on any atom is 0.175 e. The summed E-state index contributed by atoms with van der Waals surface area (Å²) in [4.78, 5) is 0. The van der Waals surface area contributed by atoms with E-state index in [4.69, 9.17) is 4.74 Å². The summed E-state index contributed by atoms with van der Waals surface area (Å²) in [7, 11) is 1.48. The molecule has 0 saturated heterocycles. The van der Waals surface area contributed by atoms with Crippen LogP contribution in [-0.2, 0) is 5.60 Å². The minimum absolute atomic E-state index is 0.0647. The lowest BCUT2D eigenvalue weighted by molar-refractivity contribution is 0.0767. The van der Waals surface area contributed by atoms with Crippen LogP contribution >= 0.6 is 15.9 Å². The molecule has 2 N–H and O–H groups in total. The lowest BCUT2D eigenvalue weighted by atomic mass is 9.93. The Labute approximate surface area is 97.8 Å². The Hall–Kier alpha value is -0.740. The molecule has 1 aromatic rings. The van der Waals surface area contributed by atoms with E-state index in [-0.39, 0.29) is 5.75 Å². The third-order valence-corrected chi connectivity index (χ3v) is 2.97. The number of aliphatic hydroxyl groups is 1. The zero-order valence-corrected chi connectivity index (χ0v) is 10.8. The van der Waals surface area contributed by atoms with E-state index in [2.05, 4.69) is 15.9 Å². The summed E-state index contributed by atoms with van der Waals surface area (Å²) in [6.45, 7) is 5.21. The molecule has 0 fully saturated rings. The fraction of sp³-hybridized carbons (Fsp3) is 0.455. The molecular weight excluding hydrogens is 260 g/mol. The standard InChI is InChI=1S/C11H15BrO3/c1-6-5-7(13)10(15-4)9(12)8(6)11(2,3)14/h5,13-14H,1-4H3. The molecule has 0 bridgehead atoms. The van der Waals surface area contributed by atoms with Crippen molar-refractivity contribution >= 4 is 15.9 Å². The normalized spacial score (nSPS) is 11.6. The van der Waals surface area contributed by atoms with Crippen molar-refractivity contribution < 1.29 is 14.9 Å². The van der Waals surface area contributed by atoms with Gasteiger partial charge in [-0.2, -0.15) is 0 Å². The van der Waals surface area contributed by atoms with Gasteiger partial charge in [-0.1, -0.05) is 0 Å².